The molecule has 1 rings (SSSR count). The molecule has 0 fully saturated rings. The van der Waals surface area contributed by atoms with Crippen molar-refractivity contribution in [3.63, 3.8) is 0 Å². The van der Waals surface area contributed by atoms with Crippen LogP contribution in [0.25, 0.3) is 0 Å². The molecule has 0 amide bonds. The molecule has 0 N–H and O–H groups in total. The highest BCUT2D eigenvalue weighted by Crippen LogP contribution is 2.29. The SMILES string of the molecule is FC(F)Oc1cccc(Br)c1CCCBr. The van der Waals surface area contributed by atoms with Gasteiger partial charge in [0.15, 0.2) is 0 Å². The Kier molecular flexibility index (Phi) is 5.53. The zero-order chi connectivity index (χ0) is 11.3. The largest absolute Gasteiger partial charge is 0.435 e. The van der Waals surface area contributed by atoms with Crippen LogP contribution in [0.4, 0.5) is 8.78 Å². The maximum atomic E-state index is 12.1. The van der Waals surface area contributed by atoms with E-state index in [4.69, 9.17) is 0 Å². The number of ether oxygens (including phenoxy) is 1. The summed E-state index contributed by atoms with van der Waals surface area (Å²) in [5.41, 5.74) is 0.789. The Labute approximate surface area is 104 Å². The van der Waals surface area contributed by atoms with Gasteiger partial charge in [0.25, 0.3) is 0 Å². The summed E-state index contributed by atoms with van der Waals surface area (Å²) in [4.78, 5) is 0. The van der Waals surface area contributed by atoms with Crippen molar-refractivity contribution in [2.75, 3.05) is 5.33 Å². The minimum atomic E-state index is -2.78. The lowest BCUT2D eigenvalue weighted by molar-refractivity contribution is -0.0504. The molecule has 0 aliphatic rings. The van der Waals surface area contributed by atoms with Crippen molar-refractivity contribution >= 4 is 31.9 Å². The topological polar surface area (TPSA) is 9.23 Å². The van der Waals surface area contributed by atoms with E-state index < -0.39 is 6.61 Å². The smallest absolute Gasteiger partial charge is 0.387 e. The minimum absolute atomic E-state index is 0.250. The third-order valence-corrected chi connectivity index (χ3v) is 3.16. The fourth-order valence-electron chi connectivity index (χ4n) is 1.23. The van der Waals surface area contributed by atoms with Crippen molar-refractivity contribution in [3.8, 4) is 5.75 Å². The van der Waals surface area contributed by atoms with Gasteiger partial charge in [-0.2, -0.15) is 8.78 Å². The fraction of sp³-hybridized carbons (Fsp3) is 0.400. The first-order valence-electron chi connectivity index (χ1n) is 4.43. The molecule has 0 spiro atoms. The van der Waals surface area contributed by atoms with Gasteiger partial charge in [-0.15, -0.1) is 0 Å². The highest BCUT2D eigenvalue weighted by molar-refractivity contribution is 9.10. The number of benzene rings is 1. The number of alkyl halides is 3. The predicted molar refractivity (Wildman–Crippen MR) is 62.9 cm³/mol. The van der Waals surface area contributed by atoms with Crippen molar-refractivity contribution in [2.45, 2.75) is 19.5 Å². The van der Waals surface area contributed by atoms with Gasteiger partial charge in [0.05, 0.1) is 0 Å². The standard InChI is InChI=1S/C10H10Br2F2O/c11-6-2-3-7-8(12)4-1-5-9(7)15-10(13)14/h1,4-5,10H,2-3,6H2. The van der Waals surface area contributed by atoms with E-state index in [2.05, 4.69) is 36.6 Å². The Hall–Kier alpha value is -0.160. The second kappa shape index (κ2) is 6.43. The van der Waals surface area contributed by atoms with E-state index in [1.807, 2.05) is 6.07 Å². The molecule has 0 unspecified atom stereocenters. The molecule has 84 valence electrons. The van der Waals surface area contributed by atoms with Crippen LogP contribution in [0.1, 0.15) is 12.0 Å². The molecule has 0 aromatic heterocycles. The van der Waals surface area contributed by atoms with Crippen molar-refractivity contribution in [1.29, 1.82) is 0 Å². The van der Waals surface area contributed by atoms with Gasteiger partial charge < -0.3 is 4.74 Å². The molecule has 1 aromatic rings. The Morgan fingerprint density at radius 1 is 1.33 bits per heavy atom. The van der Waals surface area contributed by atoms with E-state index in [0.29, 0.717) is 6.42 Å². The molecular formula is C10H10Br2F2O. The molecule has 1 aromatic carbocycles. The van der Waals surface area contributed by atoms with Gasteiger partial charge in [0, 0.05) is 15.4 Å². The van der Waals surface area contributed by atoms with E-state index in [-0.39, 0.29) is 5.75 Å². The molecule has 0 heterocycles. The van der Waals surface area contributed by atoms with E-state index in [0.717, 1.165) is 21.8 Å². The van der Waals surface area contributed by atoms with E-state index in [9.17, 15) is 8.78 Å². The lowest BCUT2D eigenvalue weighted by atomic mass is 10.1. The van der Waals surface area contributed by atoms with Crippen LogP contribution in [0.5, 0.6) is 5.75 Å². The quantitative estimate of drug-likeness (QED) is 0.721. The predicted octanol–water partition coefficient (Wildman–Crippen LogP) is 4.38. The summed E-state index contributed by atoms with van der Waals surface area (Å²) in [6.07, 6.45) is 1.58. The van der Waals surface area contributed by atoms with E-state index in [1.54, 1.807) is 12.1 Å². The summed E-state index contributed by atoms with van der Waals surface area (Å²) in [6.45, 7) is -2.78. The second-order valence-electron chi connectivity index (χ2n) is 2.89. The van der Waals surface area contributed by atoms with Gasteiger partial charge in [0.2, 0.25) is 0 Å². The van der Waals surface area contributed by atoms with E-state index in [1.165, 1.54) is 0 Å². The van der Waals surface area contributed by atoms with Crippen LogP contribution in [-0.2, 0) is 6.42 Å². The molecule has 0 saturated carbocycles. The first-order valence-corrected chi connectivity index (χ1v) is 6.34. The van der Waals surface area contributed by atoms with Gasteiger partial charge in [0.1, 0.15) is 5.75 Å². The summed E-state index contributed by atoms with van der Waals surface area (Å²) >= 11 is 6.63. The van der Waals surface area contributed by atoms with Crippen LogP contribution in [0.2, 0.25) is 0 Å². The van der Waals surface area contributed by atoms with Crippen LogP contribution in [-0.4, -0.2) is 11.9 Å². The van der Waals surface area contributed by atoms with Crippen LogP contribution in [0, 0.1) is 0 Å². The van der Waals surface area contributed by atoms with Gasteiger partial charge in [-0.3, -0.25) is 0 Å². The van der Waals surface area contributed by atoms with E-state index >= 15 is 0 Å². The number of hydrogen-bond acceptors (Lipinski definition) is 1. The van der Waals surface area contributed by atoms with Crippen molar-refractivity contribution < 1.29 is 13.5 Å². The number of rotatable bonds is 5. The molecular weight excluding hydrogens is 334 g/mol. The van der Waals surface area contributed by atoms with Crippen LogP contribution in [0.15, 0.2) is 22.7 Å². The number of hydrogen-bond donors (Lipinski definition) is 0. The zero-order valence-electron chi connectivity index (χ0n) is 7.85. The zero-order valence-corrected chi connectivity index (χ0v) is 11.0. The summed E-state index contributed by atoms with van der Waals surface area (Å²) in [5, 5.41) is 0.836. The monoisotopic (exact) mass is 342 g/mol. The Bertz CT molecular complexity index is 318. The fourth-order valence-corrected chi connectivity index (χ4v) is 2.06. The highest BCUT2D eigenvalue weighted by Gasteiger charge is 2.11. The van der Waals surface area contributed by atoms with Crippen LogP contribution < -0.4 is 4.74 Å². The van der Waals surface area contributed by atoms with Crippen LogP contribution >= 0.6 is 31.9 Å². The molecule has 0 saturated heterocycles. The molecule has 5 heteroatoms. The van der Waals surface area contributed by atoms with Crippen molar-refractivity contribution in [3.05, 3.63) is 28.2 Å². The first-order chi connectivity index (χ1) is 7.15. The number of halogens is 4. The van der Waals surface area contributed by atoms with Gasteiger partial charge in [-0.1, -0.05) is 37.9 Å². The molecule has 1 nitrogen and oxygen atoms in total. The van der Waals surface area contributed by atoms with Crippen LogP contribution in [0.3, 0.4) is 0 Å². The molecule has 0 aliphatic carbocycles. The first kappa shape index (κ1) is 12.9. The van der Waals surface area contributed by atoms with Crippen molar-refractivity contribution in [1.82, 2.24) is 0 Å². The Morgan fingerprint density at radius 2 is 2.07 bits per heavy atom. The minimum Gasteiger partial charge on any atom is -0.435 e. The highest BCUT2D eigenvalue weighted by atomic mass is 79.9. The Morgan fingerprint density at radius 3 is 2.67 bits per heavy atom. The molecule has 0 aliphatic heterocycles. The second-order valence-corrected chi connectivity index (χ2v) is 4.53. The summed E-state index contributed by atoms with van der Waals surface area (Å²) in [6, 6.07) is 5.06. The normalized spacial score (nSPS) is 10.7. The molecule has 15 heavy (non-hydrogen) atoms. The third kappa shape index (κ3) is 4.07. The maximum absolute atomic E-state index is 12.1. The molecule has 0 atom stereocenters. The summed E-state index contributed by atoms with van der Waals surface area (Å²) in [7, 11) is 0. The Balaban J connectivity index is 2.87. The third-order valence-electron chi connectivity index (χ3n) is 1.85. The van der Waals surface area contributed by atoms with Crippen molar-refractivity contribution in [2.24, 2.45) is 0 Å². The van der Waals surface area contributed by atoms with Gasteiger partial charge in [-0.05, 0) is 25.0 Å². The summed E-state index contributed by atoms with van der Waals surface area (Å²) < 4.78 is 29.5. The summed E-state index contributed by atoms with van der Waals surface area (Å²) in [5.74, 6) is 0.250. The lowest BCUT2D eigenvalue weighted by Gasteiger charge is -2.11. The molecule has 0 bridgehead atoms. The molecule has 0 radical (unpaired) electrons. The average molecular weight is 344 g/mol. The van der Waals surface area contributed by atoms with Gasteiger partial charge >= 0.3 is 6.61 Å². The lowest BCUT2D eigenvalue weighted by Crippen LogP contribution is -2.05. The maximum Gasteiger partial charge on any atom is 0.387 e. The van der Waals surface area contributed by atoms with Gasteiger partial charge in [-0.25, -0.2) is 0 Å². The average Bonchev–Trinajstić information content (AvgIpc) is 2.16.